The Bertz CT molecular complexity index is 1300. The summed E-state index contributed by atoms with van der Waals surface area (Å²) in [6, 6.07) is 16.7. The van der Waals surface area contributed by atoms with Gasteiger partial charge >= 0.3 is 0 Å². The normalized spacial score (nSPS) is 11.2. The zero-order valence-electron chi connectivity index (χ0n) is 16.9. The molecule has 2 heterocycles. The second-order valence-electron chi connectivity index (χ2n) is 7.29. The summed E-state index contributed by atoms with van der Waals surface area (Å²) in [4.78, 5) is 24.6. The molecule has 0 aliphatic carbocycles. The topological polar surface area (TPSA) is 92.1 Å². The van der Waals surface area contributed by atoms with Gasteiger partial charge < -0.3 is 5.32 Å². The highest BCUT2D eigenvalue weighted by atomic mass is 35.5. The first kappa shape index (κ1) is 21.1. The van der Waals surface area contributed by atoms with Gasteiger partial charge in [0.25, 0.3) is 5.56 Å². The summed E-state index contributed by atoms with van der Waals surface area (Å²) in [7, 11) is 0. The lowest BCUT2D eigenvalue weighted by atomic mass is 10.0. The Morgan fingerprint density at radius 2 is 1.97 bits per heavy atom. The number of carbonyl (C=O) groups is 1. The average Bonchev–Trinajstić information content (AvgIpc) is 3.20. The molecular weight excluding hydrogens is 434 g/mol. The summed E-state index contributed by atoms with van der Waals surface area (Å²) in [5.74, 6) is 0.312. The number of benzene rings is 2. The maximum absolute atomic E-state index is 12.3. The minimum atomic E-state index is -0.342. The first-order valence-corrected chi connectivity index (χ1v) is 11.0. The molecule has 0 radical (unpaired) electrons. The Labute approximate surface area is 187 Å². The number of H-pyrrole nitrogens is 1. The maximum atomic E-state index is 12.3. The molecule has 0 spiro atoms. The summed E-state index contributed by atoms with van der Waals surface area (Å²) in [6.07, 6.45) is 0. The van der Waals surface area contributed by atoms with Crippen molar-refractivity contribution >= 4 is 40.5 Å². The largest absolute Gasteiger partial charge is 0.325 e. The van der Waals surface area contributed by atoms with E-state index in [0.717, 1.165) is 5.56 Å². The van der Waals surface area contributed by atoms with E-state index in [0.29, 0.717) is 33.0 Å². The molecule has 0 unspecified atom stereocenters. The first-order valence-electron chi connectivity index (χ1n) is 9.68. The molecule has 7 nitrogen and oxygen atoms in total. The number of thioether (sulfide) groups is 1. The van der Waals surface area contributed by atoms with E-state index < -0.39 is 0 Å². The van der Waals surface area contributed by atoms with Crippen LogP contribution in [0.3, 0.4) is 0 Å². The molecule has 0 fully saturated rings. The SMILES string of the molecule is CC(C)c1ccc(-c2cc3c(=O)[nH]nc(SCC(=O)Nc4cccc(Cl)c4)n3n2)cc1. The molecule has 0 aliphatic heterocycles. The Hall–Kier alpha value is -3.10. The van der Waals surface area contributed by atoms with E-state index in [4.69, 9.17) is 11.6 Å². The van der Waals surface area contributed by atoms with Gasteiger partial charge in [-0.15, -0.1) is 5.10 Å². The van der Waals surface area contributed by atoms with E-state index in [1.54, 1.807) is 30.3 Å². The average molecular weight is 454 g/mol. The number of nitrogens with zero attached hydrogens (tertiary/aromatic N) is 3. The molecule has 2 aromatic heterocycles. The minimum Gasteiger partial charge on any atom is -0.325 e. The van der Waals surface area contributed by atoms with Crippen molar-refractivity contribution in [2.45, 2.75) is 24.9 Å². The molecule has 31 heavy (non-hydrogen) atoms. The third-order valence-corrected chi connectivity index (χ3v) is 5.85. The van der Waals surface area contributed by atoms with Crippen LogP contribution in [-0.2, 0) is 4.79 Å². The van der Waals surface area contributed by atoms with Gasteiger partial charge in [-0.05, 0) is 35.7 Å². The fourth-order valence-electron chi connectivity index (χ4n) is 3.06. The number of nitrogens with one attached hydrogen (secondary N) is 2. The Balaban J connectivity index is 1.55. The van der Waals surface area contributed by atoms with Crippen molar-refractivity contribution in [3.8, 4) is 11.3 Å². The molecule has 4 aromatic rings. The fourth-order valence-corrected chi connectivity index (χ4v) is 3.95. The van der Waals surface area contributed by atoms with Gasteiger partial charge in [0.15, 0.2) is 0 Å². The van der Waals surface area contributed by atoms with Gasteiger partial charge in [-0.25, -0.2) is 9.61 Å². The number of rotatable bonds is 6. The van der Waals surface area contributed by atoms with Crippen molar-refractivity contribution in [2.24, 2.45) is 0 Å². The smallest absolute Gasteiger partial charge is 0.290 e. The van der Waals surface area contributed by atoms with Crippen molar-refractivity contribution < 1.29 is 4.79 Å². The van der Waals surface area contributed by atoms with E-state index in [1.807, 2.05) is 12.1 Å². The number of aromatic nitrogens is 4. The molecular formula is C22H20ClN5O2S. The number of hydrogen-bond donors (Lipinski definition) is 2. The zero-order valence-corrected chi connectivity index (χ0v) is 18.5. The highest BCUT2D eigenvalue weighted by Gasteiger charge is 2.14. The van der Waals surface area contributed by atoms with Crippen LogP contribution in [0.15, 0.2) is 64.5 Å². The Morgan fingerprint density at radius 3 is 2.68 bits per heavy atom. The number of anilines is 1. The second kappa shape index (κ2) is 8.95. The zero-order chi connectivity index (χ0) is 22.0. The summed E-state index contributed by atoms with van der Waals surface area (Å²) >= 11 is 7.13. The van der Waals surface area contributed by atoms with Gasteiger partial charge in [0.1, 0.15) is 5.52 Å². The van der Waals surface area contributed by atoms with Crippen LogP contribution in [0.25, 0.3) is 16.8 Å². The van der Waals surface area contributed by atoms with Crippen molar-refractivity contribution in [1.29, 1.82) is 0 Å². The monoisotopic (exact) mass is 453 g/mol. The molecule has 0 atom stereocenters. The van der Waals surface area contributed by atoms with E-state index in [1.165, 1.54) is 21.8 Å². The van der Waals surface area contributed by atoms with Crippen LogP contribution >= 0.6 is 23.4 Å². The van der Waals surface area contributed by atoms with Crippen LogP contribution in [0.2, 0.25) is 5.02 Å². The van der Waals surface area contributed by atoms with Crippen LogP contribution in [0.4, 0.5) is 5.69 Å². The molecule has 0 aliphatic rings. The number of amides is 1. The van der Waals surface area contributed by atoms with E-state index in [-0.39, 0.29) is 17.2 Å². The van der Waals surface area contributed by atoms with Crippen LogP contribution in [0, 0.1) is 0 Å². The molecule has 158 valence electrons. The van der Waals surface area contributed by atoms with Crippen molar-refractivity contribution in [3.05, 3.63) is 75.5 Å². The molecule has 4 rings (SSSR count). The van der Waals surface area contributed by atoms with E-state index in [2.05, 4.69) is 46.6 Å². The minimum absolute atomic E-state index is 0.0962. The fraction of sp³-hybridized carbons (Fsp3) is 0.182. The van der Waals surface area contributed by atoms with Crippen LogP contribution in [0.5, 0.6) is 0 Å². The summed E-state index contributed by atoms with van der Waals surface area (Å²) in [6.45, 7) is 4.27. The highest BCUT2D eigenvalue weighted by molar-refractivity contribution is 7.99. The molecule has 0 saturated heterocycles. The molecule has 0 bridgehead atoms. The molecule has 1 amide bonds. The highest BCUT2D eigenvalue weighted by Crippen LogP contribution is 2.24. The van der Waals surface area contributed by atoms with Crippen LogP contribution in [0.1, 0.15) is 25.3 Å². The van der Waals surface area contributed by atoms with Gasteiger partial charge in [0.05, 0.1) is 11.4 Å². The van der Waals surface area contributed by atoms with Crippen LogP contribution in [-0.4, -0.2) is 31.5 Å². The van der Waals surface area contributed by atoms with E-state index >= 15 is 0 Å². The lowest BCUT2D eigenvalue weighted by molar-refractivity contribution is -0.113. The second-order valence-corrected chi connectivity index (χ2v) is 8.66. The Morgan fingerprint density at radius 1 is 1.19 bits per heavy atom. The van der Waals surface area contributed by atoms with Gasteiger partial charge in [0, 0.05) is 16.3 Å². The van der Waals surface area contributed by atoms with Crippen molar-refractivity contribution in [1.82, 2.24) is 19.8 Å². The van der Waals surface area contributed by atoms with Crippen molar-refractivity contribution in [3.63, 3.8) is 0 Å². The molecule has 2 aromatic carbocycles. The quantitative estimate of drug-likeness (QED) is 0.416. The van der Waals surface area contributed by atoms with Gasteiger partial charge in [-0.2, -0.15) is 5.10 Å². The predicted octanol–water partition coefficient (Wildman–Crippen LogP) is 4.59. The van der Waals surface area contributed by atoms with Crippen molar-refractivity contribution in [2.75, 3.05) is 11.1 Å². The van der Waals surface area contributed by atoms with Gasteiger partial charge in [-0.1, -0.05) is 67.5 Å². The van der Waals surface area contributed by atoms with Gasteiger partial charge in [0.2, 0.25) is 11.1 Å². The van der Waals surface area contributed by atoms with E-state index in [9.17, 15) is 9.59 Å². The lowest BCUT2D eigenvalue weighted by Gasteiger charge is -2.06. The predicted molar refractivity (Wildman–Crippen MR) is 124 cm³/mol. The number of aromatic amines is 1. The lowest BCUT2D eigenvalue weighted by Crippen LogP contribution is -2.17. The summed E-state index contributed by atoms with van der Waals surface area (Å²) < 4.78 is 1.47. The number of fused-ring (bicyclic) bond motifs is 1. The summed E-state index contributed by atoms with van der Waals surface area (Å²) in [5.41, 5.74) is 3.44. The third kappa shape index (κ3) is 4.81. The Kier molecular flexibility index (Phi) is 6.11. The van der Waals surface area contributed by atoms with Gasteiger partial charge in [-0.3, -0.25) is 9.59 Å². The molecule has 2 N–H and O–H groups in total. The maximum Gasteiger partial charge on any atom is 0.290 e. The summed E-state index contributed by atoms with van der Waals surface area (Å²) in [5, 5.41) is 14.8. The molecule has 9 heteroatoms. The number of halogens is 1. The van der Waals surface area contributed by atoms with Crippen LogP contribution < -0.4 is 10.9 Å². The number of hydrogen-bond acceptors (Lipinski definition) is 5. The third-order valence-electron chi connectivity index (χ3n) is 4.69. The first-order chi connectivity index (χ1) is 14.9. The molecule has 0 saturated carbocycles. The standard InChI is InChI=1S/C22H20ClN5O2S/c1-13(2)14-6-8-15(9-7-14)18-11-19-21(30)25-26-22(28(19)27-18)31-12-20(29)24-17-5-3-4-16(23)10-17/h3-11,13H,12H2,1-2H3,(H,24,29)(H,25,30). The number of carbonyl (C=O) groups excluding carboxylic acids is 1.